The average Bonchev–Trinajstić information content (AvgIpc) is 2.56. The number of ether oxygens (including phenoxy) is 2. The normalized spacial score (nSPS) is 11.3. The molecular weight excluding hydrogens is 340 g/mol. The second-order valence-electron chi connectivity index (χ2n) is 4.82. The number of para-hydroxylation sites is 1. The van der Waals surface area contributed by atoms with Gasteiger partial charge in [-0.25, -0.2) is 0 Å². The summed E-state index contributed by atoms with van der Waals surface area (Å²) in [6.07, 6.45) is 0.942. The molecule has 2 rings (SSSR count). The molecule has 120 valence electrons. The fourth-order valence-electron chi connectivity index (χ4n) is 2.07. The number of hydrogen-bond donors (Lipinski definition) is 0. The number of halogens is 1. The molecule has 0 aliphatic carbocycles. The summed E-state index contributed by atoms with van der Waals surface area (Å²) >= 11 is 6.15. The molecule has 0 aliphatic heterocycles. The van der Waals surface area contributed by atoms with Crippen molar-refractivity contribution in [1.29, 1.82) is 0 Å². The van der Waals surface area contributed by atoms with Gasteiger partial charge in [-0.3, -0.25) is 4.79 Å². The molecule has 0 fully saturated rings. The van der Waals surface area contributed by atoms with Crippen molar-refractivity contribution in [2.75, 3.05) is 0 Å². The van der Waals surface area contributed by atoms with Gasteiger partial charge in [-0.15, -0.1) is 0 Å². The van der Waals surface area contributed by atoms with Gasteiger partial charge in [-0.05, 0) is 24.1 Å². The zero-order valence-corrected chi connectivity index (χ0v) is 13.5. The van der Waals surface area contributed by atoms with Crippen LogP contribution < -0.4 is 9.47 Å². The van der Waals surface area contributed by atoms with Gasteiger partial charge in [0.15, 0.2) is 11.5 Å². The molecule has 0 amide bonds. The predicted octanol–water partition coefficient (Wildman–Crippen LogP) is 4.27. The van der Waals surface area contributed by atoms with Crippen molar-refractivity contribution in [2.24, 2.45) is 0 Å². The van der Waals surface area contributed by atoms with Crippen molar-refractivity contribution in [3.05, 3.63) is 59.1 Å². The van der Waals surface area contributed by atoms with Crippen molar-refractivity contribution >= 4 is 55.3 Å². The van der Waals surface area contributed by atoms with Crippen LogP contribution >= 0.6 is 11.6 Å². The number of carbonyl (C=O) groups is 1. The summed E-state index contributed by atoms with van der Waals surface area (Å²) in [4.78, 5) is 11.6. The van der Waals surface area contributed by atoms with Crippen LogP contribution in [0.5, 0.6) is 11.5 Å². The Labute approximate surface area is 171 Å². The minimum atomic E-state index is -0.342. The molecule has 23 heavy (non-hydrogen) atoms. The van der Waals surface area contributed by atoms with Gasteiger partial charge < -0.3 is 9.47 Å². The van der Waals surface area contributed by atoms with Crippen LogP contribution in [0.1, 0.15) is 38.4 Å². The first-order chi connectivity index (χ1) is 10.7. The molecule has 5 heteroatoms. The zero-order chi connectivity index (χ0) is 15.9. The molecule has 0 saturated heterocycles. The van der Waals surface area contributed by atoms with Gasteiger partial charge in [-0.2, -0.15) is 0 Å². The van der Waals surface area contributed by atoms with E-state index in [0.717, 1.165) is 12.0 Å². The van der Waals surface area contributed by atoms with Gasteiger partial charge in [0.25, 0.3) is 0 Å². The molecule has 0 radical (unpaired) electrons. The number of rotatable bonds is 6. The van der Waals surface area contributed by atoms with Crippen LogP contribution in [0.2, 0.25) is 5.02 Å². The van der Waals surface area contributed by atoms with E-state index in [-0.39, 0.29) is 62.0 Å². The minimum absolute atomic E-state index is 0. The molecular formula is C18H21CaClO3. The fourth-order valence-corrected chi connectivity index (χ4v) is 2.28. The molecule has 1 atom stereocenters. The Bertz CT molecular complexity index is 631. The Kier molecular flexibility index (Phi) is 9.00. The van der Waals surface area contributed by atoms with Crippen LogP contribution in [0.25, 0.3) is 0 Å². The summed E-state index contributed by atoms with van der Waals surface area (Å²) in [5.41, 5.74) is 1.07. The Morgan fingerprint density at radius 3 is 2.39 bits per heavy atom. The molecule has 3 nitrogen and oxygen atoms in total. The molecule has 0 bridgehead atoms. The van der Waals surface area contributed by atoms with Gasteiger partial charge in [0.2, 0.25) is 0 Å². The molecule has 0 aliphatic rings. The van der Waals surface area contributed by atoms with E-state index in [0.29, 0.717) is 10.8 Å². The van der Waals surface area contributed by atoms with E-state index in [1.54, 1.807) is 25.1 Å². The summed E-state index contributed by atoms with van der Waals surface area (Å²) in [6.45, 7) is 3.78. The van der Waals surface area contributed by atoms with Crippen LogP contribution in [0.15, 0.2) is 48.5 Å². The van der Waals surface area contributed by atoms with Crippen LogP contribution in [-0.4, -0.2) is 43.7 Å². The average molecular weight is 361 g/mol. The third-order valence-corrected chi connectivity index (χ3v) is 3.54. The van der Waals surface area contributed by atoms with E-state index < -0.39 is 0 Å². The van der Waals surface area contributed by atoms with Crippen molar-refractivity contribution in [2.45, 2.75) is 32.8 Å². The Balaban J connectivity index is 0.00000264. The first-order valence-electron chi connectivity index (χ1n) is 7.36. The van der Waals surface area contributed by atoms with Crippen molar-refractivity contribution in [3.8, 4) is 11.5 Å². The second-order valence-corrected chi connectivity index (χ2v) is 5.23. The van der Waals surface area contributed by atoms with Gasteiger partial charge in [0.1, 0.15) is 6.10 Å². The van der Waals surface area contributed by atoms with Crippen LogP contribution in [0.4, 0.5) is 0 Å². The Morgan fingerprint density at radius 1 is 1.09 bits per heavy atom. The molecule has 0 aromatic heterocycles. The summed E-state index contributed by atoms with van der Waals surface area (Å²) in [7, 11) is 0. The first kappa shape index (κ1) is 20.3. The molecule has 2 aromatic rings. The van der Waals surface area contributed by atoms with E-state index in [1.807, 2.05) is 37.3 Å². The number of carbonyl (C=O) groups excluding carboxylic acids is 1. The molecule has 2 aromatic carbocycles. The second kappa shape index (κ2) is 10.2. The quantitative estimate of drug-likeness (QED) is 0.438. The third kappa shape index (κ3) is 5.68. The van der Waals surface area contributed by atoms with Gasteiger partial charge >= 0.3 is 43.7 Å². The maximum atomic E-state index is 11.6. The van der Waals surface area contributed by atoms with Crippen molar-refractivity contribution in [1.82, 2.24) is 0 Å². The van der Waals surface area contributed by atoms with Gasteiger partial charge in [-0.1, -0.05) is 61.8 Å². The van der Waals surface area contributed by atoms with E-state index >= 15 is 0 Å². The van der Waals surface area contributed by atoms with Crippen LogP contribution in [0, 0.1) is 0 Å². The maximum absolute atomic E-state index is 11.6. The van der Waals surface area contributed by atoms with Crippen LogP contribution in [-0.2, 0) is 4.79 Å². The monoisotopic (exact) mass is 360 g/mol. The van der Waals surface area contributed by atoms with Crippen LogP contribution in [0.3, 0.4) is 0 Å². The summed E-state index contributed by atoms with van der Waals surface area (Å²) < 4.78 is 11.4. The van der Waals surface area contributed by atoms with E-state index in [4.69, 9.17) is 21.1 Å². The summed E-state index contributed by atoms with van der Waals surface area (Å²) in [5, 5.41) is 0.363. The molecule has 0 N–H and O–H groups in total. The fraction of sp³-hybridized carbons (Fsp3) is 0.278. The standard InChI is InChI=1S/C18H19ClO3.Ca.2H/c1-3-15(13-9-6-5-7-10-13)21-16-12-8-11-14(19)18(16)22-17(20)4-2;;;/h5-12,15H,3-4H2,1-2H3;;;. The molecule has 1 unspecified atom stereocenters. The Morgan fingerprint density at radius 2 is 1.78 bits per heavy atom. The molecule has 0 spiro atoms. The SMILES string of the molecule is CCC(=O)Oc1c(Cl)cccc1OC(CC)c1ccccc1.[CaH2]. The number of benzene rings is 2. The molecule has 0 heterocycles. The summed E-state index contributed by atoms with van der Waals surface area (Å²) in [5.74, 6) is 0.418. The van der Waals surface area contributed by atoms with E-state index in [1.165, 1.54) is 0 Å². The van der Waals surface area contributed by atoms with Gasteiger partial charge in [0.05, 0.1) is 5.02 Å². The third-order valence-electron chi connectivity index (χ3n) is 3.25. The zero-order valence-electron chi connectivity index (χ0n) is 12.7. The van der Waals surface area contributed by atoms with E-state index in [2.05, 4.69) is 0 Å². The topological polar surface area (TPSA) is 35.5 Å². The van der Waals surface area contributed by atoms with Gasteiger partial charge in [0, 0.05) is 6.42 Å². The number of esters is 1. The predicted molar refractivity (Wildman–Crippen MR) is 96.0 cm³/mol. The van der Waals surface area contributed by atoms with Crippen molar-refractivity contribution < 1.29 is 14.3 Å². The first-order valence-corrected chi connectivity index (χ1v) is 7.74. The van der Waals surface area contributed by atoms with E-state index in [9.17, 15) is 4.79 Å². The number of hydrogen-bond acceptors (Lipinski definition) is 3. The summed E-state index contributed by atoms with van der Waals surface area (Å²) in [6, 6.07) is 15.1. The van der Waals surface area contributed by atoms with Crippen molar-refractivity contribution in [3.63, 3.8) is 0 Å². The Hall–Kier alpha value is -0.740. The molecule has 0 saturated carbocycles.